The van der Waals surface area contributed by atoms with Crippen molar-refractivity contribution in [1.82, 2.24) is 9.88 Å². The van der Waals surface area contributed by atoms with Crippen molar-refractivity contribution in [2.45, 2.75) is 25.6 Å². The van der Waals surface area contributed by atoms with Crippen LogP contribution in [0.3, 0.4) is 0 Å². The van der Waals surface area contributed by atoms with Crippen LogP contribution >= 0.6 is 0 Å². The zero-order valence-corrected chi connectivity index (χ0v) is 9.45. The first kappa shape index (κ1) is 12.4. The molecule has 0 aromatic carbocycles. The molecule has 17 heavy (non-hydrogen) atoms. The summed E-state index contributed by atoms with van der Waals surface area (Å²) < 4.78 is 37.4. The molecule has 0 unspecified atom stereocenters. The summed E-state index contributed by atoms with van der Waals surface area (Å²) in [7, 11) is 0. The van der Waals surface area contributed by atoms with E-state index in [1.54, 1.807) is 12.4 Å². The minimum absolute atomic E-state index is 0.212. The third-order valence-corrected chi connectivity index (χ3v) is 3.18. The van der Waals surface area contributed by atoms with Gasteiger partial charge in [-0.05, 0) is 37.6 Å². The molecule has 1 aromatic heterocycles. The molecule has 5 heteroatoms. The summed E-state index contributed by atoms with van der Waals surface area (Å²) in [6.07, 6.45) is -0.150. The maximum Gasteiger partial charge on any atom is 0.391 e. The van der Waals surface area contributed by atoms with Gasteiger partial charge in [-0.2, -0.15) is 13.2 Å². The Bertz CT molecular complexity index is 343. The molecule has 1 aromatic rings. The molecule has 1 saturated heterocycles. The van der Waals surface area contributed by atoms with Crippen molar-refractivity contribution in [3.63, 3.8) is 0 Å². The van der Waals surface area contributed by atoms with E-state index in [1.807, 2.05) is 12.1 Å². The monoisotopic (exact) mass is 244 g/mol. The van der Waals surface area contributed by atoms with Crippen LogP contribution in [-0.4, -0.2) is 29.1 Å². The second kappa shape index (κ2) is 5.04. The predicted octanol–water partition coefficient (Wildman–Crippen LogP) is 2.86. The van der Waals surface area contributed by atoms with E-state index in [-0.39, 0.29) is 12.8 Å². The first-order valence-corrected chi connectivity index (χ1v) is 5.73. The highest BCUT2D eigenvalue weighted by Gasteiger charge is 2.40. The molecule has 0 spiro atoms. The van der Waals surface area contributed by atoms with Crippen molar-refractivity contribution in [3.8, 4) is 0 Å². The van der Waals surface area contributed by atoms with Gasteiger partial charge in [-0.15, -0.1) is 0 Å². The zero-order chi connectivity index (χ0) is 12.3. The third kappa shape index (κ3) is 3.43. The van der Waals surface area contributed by atoms with Gasteiger partial charge in [-0.25, -0.2) is 0 Å². The largest absolute Gasteiger partial charge is 0.391 e. The summed E-state index contributed by atoms with van der Waals surface area (Å²) in [4.78, 5) is 6.05. The van der Waals surface area contributed by atoms with Gasteiger partial charge in [0.05, 0.1) is 5.92 Å². The molecule has 2 rings (SSSR count). The quantitative estimate of drug-likeness (QED) is 0.795. The van der Waals surface area contributed by atoms with E-state index in [0.717, 1.165) is 5.56 Å². The highest BCUT2D eigenvalue weighted by Crippen LogP contribution is 2.34. The van der Waals surface area contributed by atoms with Crippen LogP contribution in [0.2, 0.25) is 0 Å². The number of rotatable bonds is 2. The van der Waals surface area contributed by atoms with Crippen molar-refractivity contribution < 1.29 is 13.2 Å². The third-order valence-electron chi connectivity index (χ3n) is 3.18. The Kier molecular flexibility index (Phi) is 3.66. The molecule has 94 valence electrons. The topological polar surface area (TPSA) is 16.1 Å². The number of aromatic nitrogens is 1. The lowest BCUT2D eigenvalue weighted by molar-refractivity contribution is -0.185. The number of halogens is 3. The Labute approximate surface area is 98.5 Å². The maximum absolute atomic E-state index is 12.5. The molecule has 0 amide bonds. The van der Waals surface area contributed by atoms with Gasteiger partial charge in [0.2, 0.25) is 0 Å². The fourth-order valence-corrected chi connectivity index (χ4v) is 2.17. The number of alkyl halides is 3. The molecule has 0 aliphatic carbocycles. The maximum atomic E-state index is 12.5. The van der Waals surface area contributed by atoms with Crippen molar-refractivity contribution in [2.24, 2.45) is 5.92 Å². The van der Waals surface area contributed by atoms with E-state index >= 15 is 0 Å². The second-order valence-corrected chi connectivity index (χ2v) is 4.45. The molecule has 1 aliphatic heterocycles. The van der Waals surface area contributed by atoms with Crippen LogP contribution in [0.1, 0.15) is 18.4 Å². The molecule has 0 radical (unpaired) electrons. The first-order chi connectivity index (χ1) is 8.05. The molecule has 1 aliphatic rings. The molecule has 2 nitrogen and oxygen atoms in total. The normalized spacial score (nSPS) is 19.5. The number of hydrogen-bond acceptors (Lipinski definition) is 2. The Morgan fingerprint density at radius 1 is 1.29 bits per heavy atom. The van der Waals surface area contributed by atoms with E-state index in [2.05, 4.69) is 9.88 Å². The number of piperidine rings is 1. The van der Waals surface area contributed by atoms with Crippen LogP contribution < -0.4 is 0 Å². The molecule has 2 heterocycles. The summed E-state index contributed by atoms with van der Waals surface area (Å²) in [6, 6.07) is 3.79. The fraction of sp³-hybridized carbons (Fsp3) is 0.583. The smallest absolute Gasteiger partial charge is 0.299 e. The van der Waals surface area contributed by atoms with Gasteiger partial charge in [-0.1, -0.05) is 6.07 Å². The lowest BCUT2D eigenvalue weighted by Gasteiger charge is -2.32. The summed E-state index contributed by atoms with van der Waals surface area (Å²) in [5.41, 5.74) is 1.05. The summed E-state index contributed by atoms with van der Waals surface area (Å²) in [5.74, 6) is -1.12. The van der Waals surface area contributed by atoms with Gasteiger partial charge in [0.1, 0.15) is 0 Å². The average Bonchev–Trinajstić information content (AvgIpc) is 2.30. The highest BCUT2D eigenvalue weighted by molar-refractivity contribution is 5.08. The highest BCUT2D eigenvalue weighted by atomic mass is 19.4. The minimum atomic E-state index is -4.03. The van der Waals surface area contributed by atoms with E-state index < -0.39 is 12.1 Å². The van der Waals surface area contributed by atoms with E-state index in [1.165, 1.54) is 0 Å². The second-order valence-electron chi connectivity index (χ2n) is 4.45. The van der Waals surface area contributed by atoms with Crippen LogP contribution in [0.15, 0.2) is 24.5 Å². The number of likely N-dealkylation sites (tertiary alicyclic amines) is 1. The summed E-state index contributed by atoms with van der Waals surface area (Å²) in [5, 5.41) is 0. The first-order valence-electron chi connectivity index (χ1n) is 5.73. The van der Waals surface area contributed by atoms with E-state index in [4.69, 9.17) is 0 Å². The fourth-order valence-electron chi connectivity index (χ4n) is 2.17. The predicted molar refractivity (Wildman–Crippen MR) is 58.3 cm³/mol. The molecule has 0 saturated carbocycles. The summed E-state index contributed by atoms with van der Waals surface area (Å²) in [6.45, 7) is 1.72. The molecular weight excluding hydrogens is 229 g/mol. The SMILES string of the molecule is FC(F)(F)C1CCN(Cc2cccnc2)CC1. The standard InChI is InChI=1S/C12H15F3N2/c13-12(14,15)11-3-6-17(7-4-11)9-10-2-1-5-16-8-10/h1-2,5,8,11H,3-4,6-7,9H2. The van der Waals surface area contributed by atoms with Crippen LogP contribution in [0, 0.1) is 5.92 Å². The Balaban J connectivity index is 1.84. The zero-order valence-electron chi connectivity index (χ0n) is 9.45. The number of hydrogen-bond donors (Lipinski definition) is 0. The molecule has 0 N–H and O–H groups in total. The van der Waals surface area contributed by atoms with Crippen LogP contribution in [0.5, 0.6) is 0 Å². The van der Waals surface area contributed by atoms with E-state index in [9.17, 15) is 13.2 Å². The van der Waals surface area contributed by atoms with Gasteiger partial charge in [0.25, 0.3) is 0 Å². The average molecular weight is 244 g/mol. The van der Waals surface area contributed by atoms with Crippen LogP contribution in [0.25, 0.3) is 0 Å². The lowest BCUT2D eigenvalue weighted by Crippen LogP contribution is -2.38. The van der Waals surface area contributed by atoms with E-state index in [0.29, 0.717) is 19.6 Å². The van der Waals surface area contributed by atoms with Crippen LogP contribution in [0.4, 0.5) is 13.2 Å². The Hall–Kier alpha value is -1.10. The van der Waals surface area contributed by atoms with Crippen molar-refractivity contribution in [1.29, 1.82) is 0 Å². The molecule has 0 bridgehead atoms. The van der Waals surface area contributed by atoms with Gasteiger partial charge >= 0.3 is 6.18 Å². The summed E-state index contributed by atoms with van der Waals surface area (Å²) >= 11 is 0. The van der Waals surface area contributed by atoms with Gasteiger partial charge < -0.3 is 0 Å². The van der Waals surface area contributed by atoms with Gasteiger partial charge in [0.15, 0.2) is 0 Å². The Morgan fingerprint density at radius 3 is 2.53 bits per heavy atom. The van der Waals surface area contributed by atoms with Crippen molar-refractivity contribution in [3.05, 3.63) is 30.1 Å². The van der Waals surface area contributed by atoms with Gasteiger partial charge in [0, 0.05) is 18.9 Å². The minimum Gasteiger partial charge on any atom is -0.299 e. The lowest BCUT2D eigenvalue weighted by atomic mass is 9.96. The molecular formula is C12H15F3N2. The molecule has 1 fully saturated rings. The Morgan fingerprint density at radius 2 is 2.00 bits per heavy atom. The number of pyridine rings is 1. The molecule has 0 atom stereocenters. The number of nitrogens with zero attached hydrogens (tertiary/aromatic N) is 2. The van der Waals surface area contributed by atoms with Crippen molar-refractivity contribution in [2.75, 3.05) is 13.1 Å². The van der Waals surface area contributed by atoms with Crippen LogP contribution in [-0.2, 0) is 6.54 Å². The van der Waals surface area contributed by atoms with Crippen molar-refractivity contribution >= 4 is 0 Å². The van der Waals surface area contributed by atoms with Gasteiger partial charge in [-0.3, -0.25) is 9.88 Å².